The lowest BCUT2D eigenvalue weighted by molar-refractivity contribution is 0.0385. The number of nitrogens with zero attached hydrogens (tertiary/aromatic N) is 1. The lowest BCUT2D eigenvalue weighted by Crippen LogP contribution is -2.10. The lowest BCUT2D eigenvalue weighted by atomic mass is 10.00. The van der Waals surface area contributed by atoms with E-state index in [1.165, 1.54) is 12.3 Å². The van der Waals surface area contributed by atoms with Crippen molar-refractivity contribution in [3.8, 4) is 0 Å². The number of pyridine rings is 1. The normalized spacial score (nSPS) is 16.6. The molecule has 20 heavy (non-hydrogen) atoms. The molecule has 100 valence electrons. The van der Waals surface area contributed by atoms with Crippen LogP contribution in [0.1, 0.15) is 38.1 Å². The van der Waals surface area contributed by atoms with Crippen molar-refractivity contribution in [2.75, 3.05) is 0 Å². The number of cyclic esters (lactones) is 1. The maximum absolute atomic E-state index is 11.7. The second kappa shape index (κ2) is 4.77. The summed E-state index contributed by atoms with van der Waals surface area (Å²) in [4.78, 5) is 27.0. The zero-order chi connectivity index (χ0) is 14.1. The number of carbonyl (C=O) groups excluding carboxylic acids is 1. The largest absolute Gasteiger partial charge is 0.478 e. The molecule has 0 saturated carbocycles. The molecule has 0 spiro atoms. The molecule has 0 bridgehead atoms. The number of rotatable bonds is 3. The molecule has 1 N–H and O–H groups in total. The molecule has 2 aromatic rings. The van der Waals surface area contributed by atoms with Crippen LogP contribution in [-0.2, 0) is 11.2 Å². The molecule has 1 atom stereocenters. The van der Waals surface area contributed by atoms with Gasteiger partial charge in [0.1, 0.15) is 6.10 Å². The lowest BCUT2D eigenvalue weighted by Gasteiger charge is -2.11. The van der Waals surface area contributed by atoms with Crippen LogP contribution < -0.4 is 0 Å². The van der Waals surface area contributed by atoms with Crippen molar-refractivity contribution < 1.29 is 19.4 Å². The molecule has 0 radical (unpaired) electrons. The van der Waals surface area contributed by atoms with Gasteiger partial charge in [0.25, 0.3) is 0 Å². The van der Waals surface area contributed by atoms with Crippen LogP contribution in [0.25, 0.3) is 0 Å². The Bertz CT molecular complexity index is 696. The summed E-state index contributed by atoms with van der Waals surface area (Å²) in [6, 6.07) is 10.2. The molecule has 1 aliphatic heterocycles. The van der Waals surface area contributed by atoms with Gasteiger partial charge in [-0.05, 0) is 18.2 Å². The first-order valence-corrected chi connectivity index (χ1v) is 6.14. The monoisotopic (exact) mass is 269 g/mol. The van der Waals surface area contributed by atoms with Gasteiger partial charge >= 0.3 is 11.9 Å². The van der Waals surface area contributed by atoms with Crippen molar-refractivity contribution >= 4 is 11.9 Å². The topological polar surface area (TPSA) is 76.5 Å². The SMILES string of the molecule is O=C1O[C@H](Cc2ncccc2C(=O)O)c2ccccc21. The number of aromatic carboxylic acids is 1. The molecular formula is C15H11NO4. The van der Waals surface area contributed by atoms with Crippen LogP contribution in [0.3, 0.4) is 0 Å². The Hall–Kier alpha value is -2.69. The van der Waals surface area contributed by atoms with Gasteiger partial charge in [0.05, 0.1) is 16.8 Å². The summed E-state index contributed by atoms with van der Waals surface area (Å²) in [6.07, 6.45) is 1.31. The molecule has 5 nitrogen and oxygen atoms in total. The number of hydrogen-bond acceptors (Lipinski definition) is 4. The van der Waals surface area contributed by atoms with E-state index in [4.69, 9.17) is 9.84 Å². The van der Waals surface area contributed by atoms with Crippen LogP contribution in [0, 0.1) is 0 Å². The summed E-state index contributed by atoms with van der Waals surface area (Å²) in [5.74, 6) is -1.41. The van der Waals surface area contributed by atoms with Crippen molar-refractivity contribution in [3.63, 3.8) is 0 Å². The second-order valence-corrected chi connectivity index (χ2v) is 4.49. The fourth-order valence-electron chi connectivity index (χ4n) is 2.34. The smallest absolute Gasteiger partial charge is 0.339 e. The van der Waals surface area contributed by atoms with Crippen molar-refractivity contribution in [1.29, 1.82) is 0 Å². The summed E-state index contributed by atoms with van der Waals surface area (Å²) in [6.45, 7) is 0. The van der Waals surface area contributed by atoms with E-state index in [1.807, 2.05) is 12.1 Å². The van der Waals surface area contributed by atoms with Gasteiger partial charge in [0.2, 0.25) is 0 Å². The van der Waals surface area contributed by atoms with E-state index in [0.29, 0.717) is 11.3 Å². The summed E-state index contributed by atoms with van der Waals surface area (Å²) in [5, 5.41) is 9.14. The van der Waals surface area contributed by atoms with Gasteiger partial charge in [-0.15, -0.1) is 0 Å². The van der Waals surface area contributed by atoms with Crippen molar-refractivity contribution in [2.24, 2.45) is 0 Å². The van der Waals surface area contributed by atoms with Crippen LogP contribution in [0.5, 0.6) is 0 Å². The first kappa shape index (κ1) is 12.3. The van der Waals surface area contributed by atoms with Crippen molar-refractivity contribution in [3.05, 3.63) is 65.0 Å². The molecule has 0 fully saturated rings. The summed E-state index contributed by atoms with van der Waals surface area (Å²) >= 11 is 0. The van der Waals surface area contributed by atoms with Crippen LogP contribution >= 0.6 is 0 Å². The first-order valence-electron chi connectivity index (χ1n) is 6.14. The van der Waals surface area contributed by atoms with Crippen LogP contribution in [-0.4, -0.2) is 22.0 Å². The zero-order valence-corrected chi connectivity index (χ0v) is 10.4. The van der Waals surface area contributed by atoms with E-state index in [-0.39, 0.29) is 18.0 Å². The van der Waals surface area contributed by atoms with Crippen LogP contribution in [0.4, 0.5) is 0 Å². The molecule has 0 amide bonds. The average Bonchev–Trinajstić information content (AvgIpc) is 2.76. The maximum Gasteiger partial charge on any atom is 0.339 e. The molecule has 0 saturated heterocycles. The zero-order valence-electron chi connectivity index (χ0n) is 10.4. The average molecular weight is 269 g/mol. The van der Waals surface area contributed by atoms with Crippen molar-refractivity contribution in [1.82, 2.24) is 4.98 Å². The molecule has 3 rings (SSSR count). The Morgan fingerprint density at radius 1 is 1.25 bits per heavy atom. The molecule has 1 aromatic heterocycles. The summed E-state index contributed by atoms with van der Waals surface area (Å²) < 4.78 is 5.30. The van der Waals surface area contributed by atoms with E-state index < -0.39 is 12.1 Å². The molecule has 5 heteroatoms. The molecule has 0 aliphatic carbocycles. The Morgan fingerprint density at radius 3 is 2.85 bits per heavy atom. The standard InChI is InChI=1S/C15H11NO4/c17-14(18)11-6-3-7-16-12(11)8-13-9-4-1-2-5-10(9)15(19)20-13/h1-7,13H,8H2,(H,17,18)/t13-/m1/s1. The second-order valence-electron chi connectivity index (χ2n) is 4.49. The van der Waals surface area contributed by atoms with E-state index in [2.05, 4.69) is 4.98 Å². The van der Waals surface area contributed by atoms with Crippen molar-refractivity contribution in [2.45, 2.75) is 12.5 Å². The highest BCUT2D eigenvalue weighted by molar-refractivity contribution is 5.94. The quantitative estimate of drug-likeness (QED) is 0.865. The van der Waals surface area contributed by atoms with E-state index in [9.17, 15) is 9.59 Å². The molecule has 1 aliphatic rings. The third kappa shape index (κ3) is 2.03. The van der Waals surface area contributed by atoms with Gasteiger partial charge in [-0.25, -0.2) is 9.59 Å². The number of carbonyl (C=O) groups is 2. The summed E-state index contributed by atoms with van der Waals surface area (Å²) in [5.41, 5.74) is 1.85. The van der Waals surface area contributed by atoms with Gasteiger partial charge in [0, 0.05) is 18.2 Å². The van der Waals surface area contributed by atoms with E-state index >= 15 is 0 Å². The van der Waals surface area contributed by atoms with Gasteiger partial charge in [-0.1, -0.05) is 18.2 Å². The fourth-order valence-corrected chi connectivity index (χ4v) is 2.34. The molecule has 2 heterocycles. The first-order chi connectivity index (χ1) is 9.66. The Morgan fingerprint density at radius 2 is 2.05 bits per heavy atom. The highest BCUT2D eigenvalue weighted by atomic mass is 16.5. The maximum atomic E-state index is 11.7. The predicted octanol–water partition coefficient (Wildman–Crippen LogP) is 2.23. The number of hydrogen-bond donors (Lipinski definition) is 1. The number of aromatic nitrogens is 1. The van der Waals surface area contributed by atoms with Crippen LogP contribution in [0.15, 0.2) is 42.6 Å². The third-order valence-electron chi connectivity index (χ3n) is 3.28. The number of ether oxygens (including phenoxy) is 1. The van der Waals surface area contributed by atoms with Gasteiger partial charge in [-0.3, -0.25) is 4.98 Å². The predicted molar refractivity (Wildman–Crippen MR) is 69.5 cm³/mol. The fraction of sp³-hybridized carbons (Fsp3) is 0.133. The Balaban J connectivity index is 1.94. The Labute approximate surface area is 114 Å². The third-order valence-corrected chi connectivity index (χ3v) is 3.28. The minimum atomic E-state index is -1.04. The van der Waals surface area contributed by atoms with E-state index in [0.717, 1.165) is 5.56 Å². The highest BCUT2D eigenvalue weighted by Crippen LogP contribution is 2.33. The summed E-state index contributed by atoms with van der Waals surface area (Å²) in [7, 11) is 0. The van der Waals surface area contributed by atoms with Gasteiger partial charge < -0.3 is 9.84 Å². The minimum absolute atomic E-state index is 0.132. The number of fused-ring (bicyclic) bond motifs is 1. The number of carboxylic acid groups (broad SMARTS) is 1. The minimum Gasteiger partial charge on any atom is -0.478 e. The number of carboxylic acids is 1. The highest BCUT2D eigenvalue weighted by Gasteiger charge is 2.31. The molecule has 1 aromatic carbocycles. The number of benzene rings is 1. The molecular weight excluding hydrogens is 258 g/mol. The number of esters is 1. The van der Waals surface area contributed by atoms with Gasteiger partial charge in [-0.2, -0.15) is 0 Å². The molecule has 0 unspecified atom stereocenters. The van der Waals surface area contributed by atoms with Gasteiger partial charge in [0.15, 0.2) is 0 Å². The van der Waals surface area contributed by atoms with Crippen LogP contribution in [0.2, 0.25) is 0 Å². The van der Waals surface area contributed by atoms with E-state index in [1.54, 1.807) is 18.2 Å². The Kier molecular flexibility index (Phi) is 2.95.